The van der Waals surface area contributed by atoms with Crippen LogP contribution in [0.5, 0.6) is 0 Å². The average molecular weight is 243 g/mol. The quantitative estimate of drug-likeness (QED) is 0.458. The lowest BCUT2D eigenvalue weighted by Crippen LogP contribution is -2.18. The molecule has 1 atom stereocenters. The van der Waals surface area contributed by atoms with Gasteiger partial charge in [0.2, 0.25) is 0 Å². The van der Waals surface area contributed by atoms with Crippen molar-refractivity contribution in [1.29, 1.82) is 0 Å². The number of azide groups is 1. The zero-order chi connectivity index (χ0) is 12.4. The molecule has 2 aromatic rings. The normalized spacial score (nSPS) is 19.7. The average Bonchev–Trinajstić information content (AvgIpc) is 2.85. The smallest absolute Gasteiger partial charge is 0.150 e. The first-order valence-electron chi connectivity index (χ1n) is 6.03. The number of nitrogens with zero attached hydrogens (tertiary/aromatic N) is 5. The van der Waals surface area contributed by atoms with E-state index in [1.165, 1.54) is 0 Å². The van der Waals surface area contributed by atoms with E-state index < -0.39 is 0 Å². The summed E-state index contributed by atoms with van der Waals surface area (Å²) < 4.78 is 7.56. The number of rotatable bonds is 2. The van der Waals surface area contributed by atoms with E-state index in [0.717, 1.165) is 36.8 Å². The number of hydrogen-bond acceptors (Lipinski definition) is 3. The van der Waals surface area contributed by atoms with E-state index in [2.05, 4.69) is 15.1 Å². The molecule has 1 aliphatic heterocycles. The van der Waals surface area contributed by atoms with Crippen LogP contribution in [0.15, 0.2) is 29.5 Å². The maximum absolute atomic E-state index is 8.62. The van der Waals surface area contributed by atoms with Gasteiger partial charge in [0.1, 0.15) is 0 Å². The summed E-state index contributed by atoms with van der Waals surface area (Å²) in [6.07, 6.45) is 4.91. The van der Waals surface area contributed by atoms with Crippen molar-refractivity contribution in [3.8, 4) is 0 Å². The van der Waals surface area contributed by atoms with Gasteiger partial charge in [0.05, 0.1) is 17.4 Å². The van der Waals surface area contributed by atoms with Crippen LogP contribution < -0.4 is 0 Å². The Bertz CT molecular complexity index is 608. The van der Waals surface area contributed by atoms with Crippen LogP contribution in [-0.4, -0.2) is 16.4 Å². The van der Waals surface area contributed by atoms with E-state index in [-0.39, 0.29) is 6.23 Å². The van der Waals surface area contributed by atoms with Gasteiger partial charge in [0, 0.05) is 16.9 Å². The highest BCUT2D eigenvalue weighted by atomic mass is 16.5. The first kappa shape index (κ1) is 11.1. The van der Waals surface area contributed by atoms with Gasteiger partial charge in [0.25, 0.3) is 0 Å². The van der Waals surface area contributed by atoms with Crippen LogP contribution in [-0.2, 0) is 4.74 Å². The van der Waals surface area contributed by atoms with E-state index in [0.29, 0.717) is 5.69 Å². The highest BCUT2D eigenvalue weighted by Crippen LogP contribution is 2.31. The van der Waals surface area contributed by atoms with Crippen molar-refractivity contribution in [3.63, 3.8) is 0 Å². The molecule has 6 heteroatoms. The molecule has 1 fully saturated rings. The Hall–Kier alpha value is -2.04. The lowest BCUT2D eigenvalue weighted by molar-refractivity contribution is -0.0366. The molecule has 0 aliphatic carbocycles. The van der Waals surface area contributed by atoms with E-state index in [1.807, 2.05) is 16.8 Å². The Morgan fingerprint density at radius 1 is 1.44 bits per heavy atom. The molecule has 1 aromatic carbocycles. The number of hydrogen-bond donors (Lipinski definition) is 0. The first-order chi connectivity index (χ1) is 8.90. The lowest BCUT2D eigenvalue weighted by atomic mass is 10.2. The first-order valence-corrected chi connectivity index (χ1v) is 6.03. The zero-order valence-electron chi connectivity index (χ0n) is 9.86. The minimum atomic E-state index is -0.0497. The van der Waals surface area contributed by atoms with E-state index in [4.69, 9.17) is 10.3 Å². The minimum Gasteiger partial charge on any atom is -0.356 e. The summed E-state index contributed by atoms with van der Waals surface area (Å²) in [6, 6.07) is 5.61. The Kier molecular flexibility index (Phi) is 2.88. The molecule has 1 unspecified atom stereocenters. The third-order valence-electron chi connectivity index (χ3n) is 3.18. The molecule has 2 heterocycles. The lowest BCUT2D eigenvalue weighted by Gasteiger charge is -2.23. The second-order valence-corrected chi connectivity index (χ2v) is 4.31. The summed E-state index contributed by atoms with van der Waals surface area (Å²) in [5.41, 5.74) is 10.1. The van der Waals surface area contributed by atoms with E-state index in [9.17, 15) is 0 Å². The molecule has 1 saturated heterocycles. The summed E-state index contributed by atoms with van der Waals surface area (Å²) in [7, 11) is 0. The van der Waals surface area contributed by atoms with Crippen LogP contribution in [0.2, 0.25) is 0 Å². The molecule has 6 nitrogen and oxygen atoms in total. The Morgan fingerprint density at radius 3 is 3.17 bits per heavy atom. The third-order valence-corrected chi connectivity index (χ3v) is 3.18. The SMILES string of the molecule is [N-]=[N+]=Nc1cccc2cnn(C3CCCCO3)c12. The fraction of sp³-hybridized carbons (Fsp3) is 0.417. The fourth-order valence-electron chi connectivity index (χ4n) is 2.35. The largest absolute Gasteiger partial charge is 0.356 e. The predicted molar refractivity (Wildman–Crippen MR) is 67.4 cm³/mol. The summed E-state index contributed by atoms with van der Waals surface area (Å²) in [5, 5.41) is 9.06. The van der Waals surface area contributed by atoms with E-state index in [1.54, 1.807) is 12.3 Å². The molecule has 1 aliphatic rings. The summed E-state index contributed by atoms with van der Waals surface area (Å²) in [4.78, 5) is 2.86. The standard InChI is InChI=1S/C12H13N5O/c13-16-15-10-5-3-4-9-8-14-17(12(9)10)11-6-1-2-7-18-11/h3-5,8,11H,1-2,6-7H2. The monoisotopic (exact) mass is 243 g/mol. The Morgan fingerprint density at radius 2 is 2.39 bits per heavy atom. The number of para-hydroxylation sites is 1. The molecule has 0 radical (unpaired) electrons. The van der Waals surface area contributed by atoms with Gasteiger partial charge in [-0.25, -0.2) is 4.68 Å². The summed E-state index contributed by atoms with van der Waals surface area (Å²) in [5.74, 6) is 0. The Balaban J connectivity index is 2.13. The van der Waals surface area contributed by atoms with Gasteiger partial charge in [-0.1, -0.05) is 23.3 Å². The molecule has 0 bridgehead atoms. The van der Waals surface area contributed by atoms with Gasteiger partial charge in [-0.05, 0) is 24.8 Å². The molecule has 1 aromatic heterocycles. The highest BCUT2D eigenvalue weighted by molar-refractivity contribution is 5.89. The summed E-state index contributed by atoms with van der Waals surface area (Å²) in [6.45, 7) is 0.760. The minimum absolute atomic E-state index is 0.0497. The highest BCUT2D eigenvalue weighted by Gasteiger charge is 2.19. The van der Waals surface area contributed by atoms with Crippen molar-refractivity contribution >= 4 is 16.6 Å². The topological polar surface area (TPSA) is 75.8 Å². The molecule has 0 N–H and O–H groups in total. The fourth-order valence-corrected chi connectivity index (χ4v) is 2.35. The van der Waals surface area contributed by atoms with Crippen LogP contribution in [0, 0.1) is 0 Å². The van der Waals surface area contributed by atoms with Crippen LogP contribution in [0.25, 0.3) is 21.3 Å². The number of fused-ring (bicyclic) bond motifs is 1. The van der Waals surface area contributed by atoms with Gasteiger partial charge < -0.3 is 4.74 Å². The zero-order valence-corrected chi connectivity index (χ0v) is 9.86. The van der Waals surface area contributed by atoms with Crippen molar-refractivity contribution in [2.24, 2.45) is 5.11 Å². The molecule has 0 amide bonds. The van der Waals surface area contributed by atoms with E-state index >= 15 is 0 Å². The second-order valence-electron chi connectivity index (χ2n) is 4.31. The number of benzene rings is 1. The predicted octanol–water partition coefficient (Wildman–Crippen LogP) is 3.68. The molecule has 92 valence electrons. The van der Waals surface area contributed by atoms with Gasteiger partial charge in [-0.15, -0.1) is 0 Å². The van der Waals surface area contributed by atoms with Crippen molar-refractivity contribution in [3.05, 3.63) is 34.8 Å². The molecule has 3 rings (SSSR count). The van der Waals surface area contributed by atoms with Crippen LogP contribution in [0.4, 0.5) is 5.69 Å². The number of ether oxygens (including phenoxy) is 1. The van der Waals surface area contributed by atoms with Gasteiger partial charge in [-0.3, -0.25) is 0 Å². The van der Waals surface area contributed by atoms with Crippen molar-refractivity contribution < 1.29 is 4.74 Å². The Labute approximate surface area is 104 Å². The molecular weight excluding hydrogens is 230 g/mol. The third kappa shape index (κ3) is 1.81. The maximum Gasteiger partial charge on any atom is 0.150 e. The van der Waals surface area contributed by atoms with Crippen LogP contribution in [0.1, 0.15) is 25.5 Å². The summed E-state index contributed by atoms with van der Waals surface area (Å²) >= 11 is 0. The van der Waals surface area contributed by atoms with Crippen LogP contribution in [0.3, 0.4) is 0 Å². The molecular formula is C12H13N5O. The second kappa shape index (κ2) is 4.68. The molecule has 0 saturated carbocycles. The van der Waals surface area contributed by atoms with Gasteiger partial charge >= 0.3 is 0 Å². The molecule has 0 spiro atoms. The molecule has 18 heavy (non-hydrogen) atoms. The van der Waals surface area contributed by atoms with Crippen LogP contribution >= 0.6 is 0 Å². The maximum atomic E-state index is 8.62. The van der Waals surface area contributed by atoms with Crippen molar-refractivity contribution in [2.45, 2.75) is 25.5 Å². The van der Waals surface area contributed by atoms with Crippen molar-refractivity contribution in [1.82, 2.24) is 9.78 Å². The number of aromatic nitrogens is 2. The van der Waals surface area contributed by atoms with Gasteiger partial charge in [0.15, 0.2) is 6.23 Å². The van der Waals surface area contributed by atoms with Gasteiger partial charge in [-0.2, -0.15) is 5.10 Å². The van der Waals surface area contributed by atoms with Crippen molar-refractivity contribution in [2.75, 3.05) is 6.61 Å².